The molecular weight excluding hydrogens is 354 g/mol. The number of anilines is 2. The average Bonchev–Trinajstić information content (AvgIpc) is 2.44. The minimum Gasteiger partial charge on any atom is -0.399 e. The molecule has 0 fully saturated rings. The van der Waals surface area contributed by atoms with Gasteiger partial charge in [0.1, 0.15) is 4.90 Å². The van der Waals surface area contributed by atoms with Gasteiger partial charge < -0.3 is 5.73 Å². The second kappa shape index (κ2) is 6.44. The maximum atomic E-state index is 12.8. The smallest absolute Gasteiger partial charge is 0.265 e. The highest BCUT2D eigenvalue weighted by molar-refractivity contribution is 9.10. The maximum absolute atomic E-state index is 12.8. The molecule has 0 spiro atoms. The van der Waals surface area contributed by atoms with Crippen molar-refractivity contribution in [2.45, 2.75) is 18.2 Å². The summed E-state index contributed by atoms with van der Waals surface area (Å²) in [7, 11) is -3.67. The van der Waals surface area contributed by atoms with Crippen LogP contribution >= 0.6 is 15.9 Å². The normalized spacial score (nSPS) is 11.3. The van der Waals surface area contributed by atoms with Crippen LogP contribution in [0, 0.1) is 0 Å². The number of aromatic nitrogens is 1. The van der Waals surface area contributed by atoms with Crippen molar-refractivity contribution >= 4 is 37.3 Å². The molecule has 0 unspecified atom stereocenters. The van der Waals surface area contributed by atoms with Crippen LogP contribution in [-0.2, 0) is 10.0 Å². The second-order valence-electron chi connectivity index (χ2n) is 4.51. The van der Waals surface area contributed by atoms with Crippen molar-refractivity contribution in [2.75, 3.05) is 16.6 Å². The molecule has 1 aromatic heterocycles. The molecule has 1 aromatic carbocycles. The summed E-state index contributed by atoms with van der Waals surface area (Å²) in [6, 6.07) is 8.38. The molecule has 21 heavy (non-hydrogen) atoms. The Balaban J connectivity index is 2.51. The molecule has 0 radical (unpaired) electrons. The van der Waals surface area contributed by atoms with E-state index in [1.807, 2.05) is 6.92 Å². The average molecular weight is 370 g/mol. The zero-order valence-electron chi connectivity index (χ0n) is 11.5. The van der Waals surface area contributed by atoms with E-state index in [9.17, 15) is 8.42 Å². The zero-order valence-corrected chi connectivity index (χ0v) is 13.9. The predicted octanol–water partition coefficient (Wildman–Crippen LogP) is 3.03. The van der Waals surface area contributed by atoms with Crippen LogP contribution in [0.15, 0.2) is 52.1 Å². The van der Waals surface area contributed by atoms with E-state index < -0.39 is 10.0 Å². The van der Waals surface area contributed by atoms with E-state index in [0.29, 0.717) is 28.8 Å². The van der Waals surface area contributed by atoms with Gasteiger partial charge in [-0.2, -0.15) is 0 Å². The number of benzene rings is 1. The van der Waals surface area contributed by atoms with Gasteiger partial charge in [0.05, 0.1) is 5.69 Å². The van der Waals surface area contributed by atoms with E-state index in [1.54, 1.807) is 30.5 Å². The first-order chi connectivity index (χ1) is 9.95. The fourth-order valence-electron chi connectivity index (χ4n) is 1.93. The van der Waals surface area contributed by atoms with Crippen molar-refractivity contribution in [3.05, 3.63) is 47.2 Å². The van der Waals surface area contributed by atoms with Gasteiger partial charge in [-0.15, -0.1) is 0 Å². The van der Waals surface area contributed by atoms with Gasteiger partial charge in [0.2, 0.25) is 0 Å². The van der Waals surface area contributed by atoms with Gasteiger partial charge in [-0.25, -0.2) is 8.42 Å². The summed E-state index contributed by atoms with van der Waals surface area (Å²) in [6.07, 6.45) is 3.58. The summed E-state index contributed by atoms with van der Waals surface area (Å²) in [4.78, 5) is 4.07. The molecule has 0 bridgehead atoms. The fourth-order valence-corrected chi connectivity index (χ4v) is 3.99. The number of sulfonamides is 1. The van der Waals surface area contributed by atoms with Crippen LogP contribution in [-0.4, -0.2) is 19.9 Å². The van der Waals surface area contributed by atoms with Crippen LogP contribution in [0.2, 0.25) is 0 Å². The van der Waals surface area contributed by atoms with Crippen molar-refractivity contribution in [1.82, 2.24) is 4.98 Å². The van der Waals surface area contributed by atoms with Crippen LogP contribution < -0.4 is 10.0 Å². The molecular formula is C14H16BrN3O2S. The molecule has 112 valence electrons. The van der Waals surface area contributed by atoms with Crippen molar-refractivity contribution in [2.24, 2.45) is 0 Å². The molecule has 2 rings (SSSR count). The molecule has 2 aromatic rings. The number of nitrogens with zero attached hydrogens (tertiary/aromatic N) is 2. The molecule has 0 saturated carbocycles. The van der Waals surface area contributed by atoms with Crippen LogP contribution in [0.25, 0.3) is 0 Å². The second-order valence-corrected chi connectivity index (χ2v) is 7.29. The van der Waals surface area contributed by atoms with Gasteiger partial charge >= 0.3 is 0 Å². The number of hydrogen-bond donors (Lipinski definition) is 1. The van der Waals surface area contributed by atoms with Crippen LogP contribution in [0.5, 0.6) is 0 Å². The third-order valence-corrected chi connectivity index (χ3v) is 5.08. The molecule has 0 aliphatic heterocycles. The maximum Gasteiger partial charge on any atom is 0.265 e. The van der Waals surface area contributed by atoms with Gasteiger partial charge in [0.25, 0.3) is 10.0 Å². The number of pyridine rings is 1. The van der Waals surface area contributed by atoms with Crippen LogP contribution in [0.1, 0.15) is 13.3 Å². The van der Waals surface area contributed by atoms with E-state index in [4.69, 9.17) is 5.73 Å². The third-order valence-electron chi connectivity index (χ3n) is 2.85. The topological polar surface area (TPSA) is 76.3 Å². The Morgan fingerprint density at radius 2 is 2.05 bits per heavy atom. The quantitative estimate of drug-likeness (QED) is 0.821. The molecule has 5 nitrogen and oxygen atoms in total. The van der Waals surface area contributed by atoms with Gasteiger partial charge in [0, 0.05) is 29.1 Å². The Morgan fingerprint density at radius 1 is 1.29 bits per heavy atom. The monoisotopic (exact) mass is 369 g/mol. The number of rotatable bonds is 5. The van der Waals surface area contributed by atoms with E-state index >= 15 is 0 Å². The van der Waals surface area contributed by atoms with E-state index in [2.05, 4.69) is 20.9 Å². The Morgan fingerprint density at radius 3 is 2.67 bits per heavy atom. The van der Waals surface area contributed by atoms with Gasteiger partial charge in [-0.1, -0.05) is 13.0 Å². The first-order valence-corrected chi connectivity index (χ1v) is 8.67. The first-order valence-electron chi connectivity index (χ1n) is 6.44. The molecule has 0 aliphatic carbocycles. The number of nitrogens with two attached hydrogens (primary N) is 1. The number of nitrogen functional groups attached to an aromatic ring is 1. The van der Waals surface area contributed by atoms with Crippen molar-refractivity contribution in [3.63, 3.8) is 0 Å². The number of halogens is 1. The molecule has 0 saturated heterocycles. The summed E-state index contributed by atoms with van der Waals surface area (Å²) >= 11 is 3.25. The number of hydrogen-bond acceptors (Lipinski definition) is 4. The first kappa shape index (κ1) is 15.8. The molecule has 1 heterocycles. The van der Waals surface area contributed by atoms with Crippen molar-refractivity contribution in [3.8, 4) is 0 Å². The minimum atomic E-state index is -3.67. The lowest BCUT2D eigenvalue weighted by Crippen LogP contribution is -2.32. The lowest BCUT2D eigenvalue weighted by atomic mass is 10.3. The highest BCUT2D eigenvalue weighted by Gasteiger charge is 2.25. The summed E-state index contributed by atoms with van der Waals surface area (Å²) in [5.41, 5.74) is 6.83. The predicted molar refractivity (Wildman–Crippen MR) is 87.6 cm³/mol. The van der Waals surface area contributed by atoms with Gasteiger partial charge in [-0.3, -0.25) is 9.29 Å². The zero-order chi connectivity index (χ0) is 15.5. The van der Waals surface area contributed by atoms with Gasteiger partial charge in [0.15, 0.2) is 0 Å². The highest BCUT2D eigenvalue weighted by atomic mass is 79.9. The van der Waals surface area contributed by atoms with E-state index in [-0.39, 0.29) is 4.90 Å². The summed E-state index contributed by atoms with van der Waals surface area (Å²) in [6.45, 7) is 2.30. The van der Waals surface area contributed by atoms with Crippen LogP contribution in [0.4, 0.5) is 11.4 Å². The lowest BCUT2D eigenvalue weighted by Gasteiger charge is -2.24. The lowest BCUT2D eigenvalue weighted by molar-refractivity contribution is 0.589. The van der Waals surface area contributed by atoms with Gasteiger partial charge in [-0.05, 0) is 46.6 Å². The van der Waals surface area contributed by atoms with Crippen LogP contribution in [0.3, 0.4) is 0 Å². The SMILES string of the molecule is CCCN(c1cccc(N)c1)S(=O)(=O)c1cncc(Br)c1. The standard InChI is InChI=1S/C14H16BrN3O2S/c1-2-6-18(13-5-3-4-12(16)8-13)21(19,20)14-7-11(15)9-17-10-14/h3-5,7-10H,2,6,16H2,1H3. The Kier molecular flexibility index (Phi) is 4.84. The molecule has 0 atom stereocenters. The molecule has 2 N–H and O–H groups in total. The minimum absolute atomic E-state index is 0.146. The summed E-state index contributed by atoms with van der Waals surface area (Å²) < 4.78 is 27.6. The Labute approximate surface area is 133 Å². The summed E-state index contributed by atoms with van der Waals surface area (Å²) in [5, 5.41) is 0. The fraction of sp³-hybridized carbons (Fsp3) is 0.214. The largest absolute Gasteiger partial charge is 0.399 e. The molecule has 0 amide bonds. The Bertz CT molecular complexity index is 735. The third kappa shape index (κ3) is 3.54. The van der Waals surface area contributed by atoms with Crippen molar-refractivity contribution in [1.29, 1.82) is 0 Å². The molecule has 0 aliphatic rings. The van der Waals surface area contributed by atoms with Crippen molar-refractivity contribution < 1.29 is 8.42 Å². The molecule has 7 heteroatoms. The van der Waals surface area contributed by atoms with E-state index in [1.165, 1.54) is 16.6 Å². The highest BCUT2D eigenvalue weighted by Crippen LogP contribution is 2.26. The summed E-state index contributed by atoms with van der Waals surface area (Å²) in [5.74, 6) is 0. The van der Waals surface area contributed by atoms with E-state index in [0.717, 1.165) is 0 Å². The Hall–Kier alpha value is -1.60.